The molecule has 1 heterocycles. The van der Waals surface area contributed by atoms with Crippen LogP contribution in [0.4, 0.5) is 0 Å². The SMILES string of the molecule is CCC1(C)C(N)CC1Oc1cnn(C)c1. The van der Waals surface area contributed by atoms with E-state index in [0.717, 1.165) is 18.6 Å². The normalized spacial score (nSPS) is 34.9. The highest BCUT2D eigenvalue weighted by Crippen LogP contribution is 2.44. The van der Waals surface area contributed by atoms with Crippen LogP contribution in [-0.2, 0) is 7.05 Å². The third-order valence-electron chi connectivity index (χ3n) is 3.77. The highest BCUT2D eigenvalue weighted by molar-refractivity contribution is 5.15. The maximum Gasteiger partial charge on any atom is 0.157 e. The molecular weight excluding hydrogens is 190 g/mol. The molecule has 0 amide bonds. The van der Waals surface area contributed by atoms with Crippen LogP contribution in [0.25, 0.3) is 0 Å². The van der Waals surface area contributed by atoms with E-state index in [1.807, 2.05) is 13.2 Å². The van der Waals surface area contributed by atoms with Gasteiger partial charge in [0.1, 0.15) is 6.10 Å². The summed E-state index contributed by atoms with van der Waals surface area (Å²) in [6, 6.07) is 0.268. The van der Waals surface area contributed by atoms with Crippen LogP contribution in [0.1, 0.15) is 26.7 Å². The fourth-order valence-electron chi connectivity index (χ4n) is 2.14. The van der Waals surface area contributed by atoms with E-state index >= 15 is 0 Å². The molecule has 2 N–H and O–H groups in total. The van der Waals surface area contributed by atoms with E-state index in [0.29, 0.717) is 0 Å². The van der Waals surface area contributed by atoms with E-state index in [4.69, 9.17) is 10.5 Å². The molecular formula is C11H19N3O. The van der Waals surface area contributed by atoms with Crippen molar-refractivity contribution in [3.8, 4) is 5.75 Å². The summed E-state index contributed by atoms with van der Waals surface area (Å²) in [5.74, 6) is 0.842. The number of nitrogens with zero attached hydrogens (tertiary/aromatic N) is 2. The molecule has 3 unspecified atom stereocenters. The van der Waals surface area contributed by atoms with Gasteiger partial charge in [0.2, 0.25) is 0 Å². The predicted octanol–water partition coefficient (Wildman–Crippen LogP) is 1.31. The van der Waals surface area contributed by atoms with E-state index in [9.17, 15) is 0 Å². The summed E-state index contributed by atoms with van der Waals surface area (Å²) in [5.41, 5.74) is 6.14. The largest absolute Gasteiger partial charge is 0.486 e. The van der Waals surface area contributed by atoms with Crippen molar-refractivity contribution in [2.75, 3.05) is 0 Å². The molecule has 1 aliphatic rings. The molecule has 0 bridgehead atoms. The Balaban J connectivity index is 2.02. The predicted molar refractivity (Wildman–Crippen MR) is 58.6 cm³/mol. The lowest BCUT2D eigenvalue weighted by molar-refractivity contribution is -0.0560. The first-order valence-electron chi connectivity index (χ1n) is 5.47. The highest BCUT2D eigenvalue weighted by Gasteiger charge is 2.50. The molecule has 1 aliphatic carbocycles. The molecule has 2 rings (SSSR count). The highest BCUT2D eigenvalue weighted by atomic mass is 16.5. The first-order chi connectivity index (χ1) is 7.06. The van der Waals surface area contributed by atoms with Crippen molar-refractivity contribution < 1.29 is 4.74 Å². The molecule has 0 saturated heterocycles. The van der Waals surface area contributed by atoms with Crippen molar-refractivity contribution in [3.05, 3.63) is 12.4 Å². The van der Waals surface area contributed by atoms with E-state index in [-0.39, 0.29) is 17.6 Å². The first kappa shape index (κ1) is 10.5. The van der Waals surface area contributed by atoms with Gasteiger partial charge in [-0.1, -0.05) is 13.8 Å². The monoisotopic (exact) mass is 209 g/mol. The summed E-state index contributed by atoms with van der Waals surface area (Å²) in [6.45, 7) is 4.36. The first-order valence-corrected chi connectivity index (χ1v) is 5.47. The fourth-order valence-corrected chi connectivity index (χ4v) is 2.14. The fraction of sp³-hybridized carbons (Fsp3) is 0.727. The topological polar surface area (TPSA) is 53.1 Å². The van der Waals surface area contributed by atoms with Crippen LogP contribution in [0.2, 0.25) is 0 Å². The van der Waals surface area contributed by atoms with E-state index in [1.54, 1.807) is 10.9 Å². The summed E-state index contributed by atoms with van der Waals surface area (Å²) in [5, 5.41) is 4.08. The maximum atomic E-state index is 6.02. The average molecular weight is 209 g/mol. The Kier molecular flexibility index (Phi) is 2.46. The van der Waals surface area contributed by atoms with Crippen molar-refractivity contribution >= 4 is 0 Å². The molecule has 3 atom stereocenters. The van der Waals surface area contributed by atoms with Crippen molar-refractivity contribution in [1.82, 2.24) is 9.78 Å². The van der Waals surface area contributed by atoms with Gasteiger partial charge in [0.05, 0.1) is 12.4 Å². The third-order valence-corrected chi connectivity index (χ3v) is 3.77. The van der Waals surface area contributed by atoms with Crippen molar-refractivity contribution in [3.63, 3.8) is 0 Å². The number of nitrogens with two attached hydrogens (primary N) is 1. The van der Waals surface area contributed by atoms with Gasteiger partial charge in [-0.2, -0.15) is 5.10 Å². The van der Waals surface area contributed by atoms with Gasteiger partial charge in [0.15, 0.2) is 5.75 Å². The molecule has 84 valence electrons. The Labute approximate surface area is 90.4 Å². The van der Waals surface area contributed by atoms with Crippen LogP contribution in [0.5, 0.6) is 5.75 Å². The standard InChI is InChI=1S/C11H19N3O/c1-4-11(2)9(12)5-10(11)15-8-6-13-14(3)7-8/h6-7,9-10H,4-5,12H2,1-3H3. The number of hydrogen-bond acceptors (Lipinski definition) is 3. The van der Waals surface area contributed by atoms with E-state index < -0.39 is 0 Å². The summed E-state index contributed by atoms with van der Waals surface area (Å²) < 4.78 is 7.63. The molecule has 15 heavy (non-hydrogen) atoms. The van der Waals surface area contributed by atoms with Crippen LogP contribution >= 0.6 is 0 Å². The molecule has 1 aromatic rings. The molecule has 0 aromatic carbocycles. The van der Waals surface area contributed by atoms with Gasteiger partial charge in [0.25, 0.3) is 0 Å². The summed E-state index contributed by atoms with van der Waals surface area (Å²) >= 11 is 0. The molecule has 1 aromatic heterocycles. The van der Waals surface area contributed by atoms with Gasteiger partial charge in [0, 0.05) is 24.9 Å². The zero-order valence-electron chi connectivity index (χ0n) is 9.60. The van der Waals surface area contributed by atoms with Crippen LogP contribution in [0.3, 0.4) is 0 Å². The van der Waals surface area contributed by atoms with Crippen molar-refractivity contribution in [2.24, 2.45) is 18.2 Å². The second kappa shape index (κ2) is 3.52. The van der Waals surface area contributed by atoms with Crippen molar-refractivity contribution in [2.45, 2.75) is 38.8 Å². The van der Waals surface area contributed by atoms with Crippen LogP contribution in [0, 0.1) is 5.41 Å². The lowest BCUT2D eigenvalue weighted by Gasteiger charge is -2.51. The number of hydrogen-bond donors (Lipinski definition) is 1. The minimum atomic E-state index is 0.121. The molecule has 1 saturated carbocycles. The number of aromatic nitrogens is 2. The van der Waals surface area contributed by atoms with Crippen molar-refractivity contribution in [1.29, 1.82) is 0 Å². The molecule has 4 heteroatoms. The minimum absolute atomic E-state index is 0.121. The third kappa shape index (κ3) is 1.63. The Hall–Kier alpha value is -1.03. The van der Waals surface area contributed by atoms with Crippen LogP contribution in [0.15, 0.2) is 12.4 Å². The smallest absolute Gasteiger partial charge is 0.157 e. The lowest BCUT2D eigenvalue weighted by atomic mass is 9.62. The molecule has 1 fully saturated rings. The van der Waals surface area contributed by atoms with Gasteiger partial charge < -0.3 is 10.5 Å². The summed E-state index contributed by atoms with van der Waals surface area (Å²) in [6.07, 6.45) is 5.87. The maximum absolute atomic E-state index is 6.02. The Morgan fingerprint density at radius 2 is 2.47 bits per heavy atom. The second-order valence-electron chi connectivity index (χ2n) is 4.66. The number of ether oxygens (including phenoxy) is 1. The molecule has 4 nitrogen and oxygen atoms in total. The van der Waals surface area contributed by atoms with Gasteiger partial charge in [-0.25, -0.2) is 0 Å². The second-order valence-corrected chi connectivity index (χ2v) is 4.66. The molecule has 0 spiro atoms. The molecule has 0 radical (unpaired) electrons. The van der Waals surface area contributed by atoms with Gasteiger partial charge in [-0.15, -0.1) is 0 Å². The van der Waals surface area contributed by atoms with Gasteiger partial charge in [-0.3, -0.25) is 4.68 Å². The van der Waals surface area contributed by atoms with Gasteiger partial charge >= 0.3 is 0 Å². The molecule has 0 aliphatic heterocycles. The quantitative estimate of drug-likeness (QED) is 0.816. The Morgan fingerprint density at radius 3 is 2.93 bits per heavy atom. The van der Waals surface area contributed by atoms with Crippen LogP contribution < -0.4 is 10.5 Å². The van der Waals surface area contributed by atoms with Crippen LogP contribution in [-0.4, -0.2) is 21.9 Å². The zero-order chi connectivity index (χ0) is 11.1. The number of aryl methyl sites for hydroxylation is 1. The van der Waals surface area contributed by atoms with Gasteiger partial charge in [-0.05, 0) is 6.42 Å². The Morgan fingerprint density at radius 1 is 1.73 bits per heavy atom. The average Bonchev–Trinajstić information content (AvgIpc) is 2.62. The summed E-state index contributed by atoms with van der Waals surface area (Å²) in [7, 11) is 1.89. The minimum Gasteiger partial charge on any atom is -0.486 e. The number of rotatable bonds is 3. The zero-order valence-corrected chi connectivity index (χ0v) is 9.60. The lowest BCUT2D eigenvalue weighted by Crippen LogP contribution is -2.61. The van der Waals surface area contributed by atoms with E-state index in [1.165, 1.54) is 0 Å². The Bertz CT molecular complexity index is 349. The van der Waals surface area contributed by atoms with E-state index in [2.05, 4.69) is 18.9 Å². The summed E-state index contributed by atoms with van der Waals surface area (Å²) in [4.78, 5) is 0.